The first kappa shape index (κ1) is 14.1. The normalized spacial score (nSPS) is 8.63. The molecule has 0 bridgehead atoms. The summed E-state index contributed by atoms with van der Waals surface area (Å²) in [5.74, 6) is -0.0792. The van der Waals surface area contributed by atoms with E-state index in [4.69, 9.17) is 15.3 Å². The van der Waals surface area contributed by atoms with E-state index in [9.17, 15) is 4.79 Å². The van der Waals surface area contributed by atoms with Crippen molar-refractivity contribution in [3.05, 3.63) is 35.5 Å². The Morgan fingerprint density at radius 2 is 2.00 bits per heavy atom. The van der Waals surface area contributed by atoms with E-state index in [1.807, 2.05) is 0 Å². The molecule has 19 heavy (non-hydrogen) atoms. The predicted molar refractivity (Wildman–Crippen MR) is 67.3 cm³/mol. The van der Waals surface area contributed by atoms with Crippen LogP contribution in [0.15, 0.2) is 30.0 Å². The third kappa shape index (κ3) is 3.48. The fourth-order valence-electron chi connectivity index (χ4n) is 1.29. The van der Waals surface area contributed by atoms with Crippen molar-refractivity contribution in [2.45, 2.75) is 0 Å². The monoisotopic (exact) mass is 257 g/mol. The van der Waals surface area contributed by atoms with Gasteiger partial charge in [0.15, 0.2) is 0 Å². The first-order chi connectivity index (χ1) is 9.15. The lowest BCUT2D eigenvalue weighted by Gasteiger charge is -2.09. The number of anilines is 1. The molecule has 1 aromatic rings. The Bertz CT molecular complexity index is 578. The van der Waals surface area contributed by atoms with Crippen LogP contribution in [0.2, 0.25) is 0 Å². The molecule has 6 nitrogen and oxygen atoms in total. The molecule has 1 rings (SSSR count). The molecule has 0 aliphatic carbocycles. The standard InChI is InChI=1S/C13H11N3O3/c1-18-12-5-10(13(17)19-2)3-4-11(12)16-8-9(6-14)7-15/h3-5,8,16H,1-2H3. The van der Waals surface area contributed by atoms with Crippen molar-refractivity contribution in [1.29, 1.82) is 10.5 Å². The molecule has 6 heteroatoms. The second-order valence-electron chi connectivity index (χ2n) is 3.33. The maximum atomic E-state index is 11.4. The molecular weight excluding hydrogens is 246 g/mol. The van der Waals surface area contributed by atoms with Gasteiger partial charge in [0.25, 0.3) is 0 Å². The third-order valence-corrected chi connectivity index (χ3v) is 2.24. The quantitative estimate of drug-likeness (QED) is 0.653. The molecule has 0 amide bonds. The molecule has 0 unspecified atom stereocenters. The highest BCUT2D eigenvalue weighted by molar-refractivity contribution is 5.90. The highest BCUT2D eigenvalue weighted by Gasteiger charge is 2.09. The van der Waals surface area contributed by atoms with Crippen LogP contribution in [0.3, 0.4) is 0 Å². The highest BCUT2D eigenvalue weighted by atomic mass is 16.5. The lowest BCUT2D eigenvalue weighted by Crippen LogP contribution is -2.02. The van der Waals surface area contributed by atoms with Crippen LogP contribution in [0.25, 0.3) is 0 Å². The van der Waals surface area contributed by atoms with E-state index >= 15 is 0 Å². The summed E-state index contributed by atoms with van der Waals surface area (Å²) in [6.07, 6.45) is 1.26. The van der Waals surface area contributed by atoms with Crippen molar-refractivity contribution >= 4 is 11.7 Å². The lowest BCUT2D eigenvalue weighted by molar-refractivity contribution is 0.0600. The SMILES string of the molecule is COC(=O)c1ccc(NC=C(C#N)C#N)c(OC)c1. The van der Waals surface area contributed by atoms with Crippen molar-refractivity contribution in [1.82, 2.24) is 0 Å². The lowest BCUT2D eigenvalue weighted by atomic mass is 10.2. The van der Waals surface area contributed by atoms with E-state index in [0.717, 1.165) is 0 Å². The number of methoxy groups -OCH3 is 2. The number of nitrogens with zero attached hydrogens (tertiary/aromatic N) is 2. The number of nitriles is 2. The Labute approximate surface area is 110 Å². The van der Waals surface area contributed by atoms with E-state index in [1.54, 1.807) is 24.3 Å². The Morgan fingerprint density at radius 3 is 2.53 bits per heavy atom. The molecular formula is C13H11N3O3. The zero-order chi connectivity index (χ0) is 14.3. The second-order valence-corrected chi connectivity index (χ2v) is 3.33. The van der Waals surface area contributed by atoms with Gasteiger partial charge in [0.05, 0.1) is 25.5 Å². The average molecular weight is 257 g/mol. The van der Waals surface area contributed by atoms with Crippen LogP contribution in [0.5, 0.6) is 5.75 Å². The molecule has 1 aromatic carbocycles. The topological polar surface area (TPSA) is 95.1 Å². The Balaban J connectivity index is 3.05. The Kier molecular flexibility index (Phi) is 4.94. The van der Waals surface area contributed by atoms with Crippen molar-refractivity contribution in [2.75, 3.05) is 19.5 Å². The Morgan fingerprint density at radius 1 is 1.32 bits per heavy atom. The molecule has 96 valence electrons. The van der Waals surface area contributed by atoms with Crippen molar-refractivity contribution < 1.29 is 14.3 Å². The molecule has 0 heterocycles. The number of carbonyl (C=O) groups excluding carboxylic acids is 1. The van der Waals surface area contributed by atoms with Gasteiger partial charge in [-0.3, -0.25) is 0 Å². The summed E-state index contributed by atoms with van der Waals surface area (Å²) in [5.41, 5.74) is 0.798. The van der Waals surface area contributed by atoms with Gasteiger partial charge >= 0.3 is 5.97 Å². The van der Waals surface area contributed by atoms with Crippen LogP contribution in [-0.2, 0) is 4.74 Å². The molecule has 0 aromatic heterocycles. The number of benzene rings is 1. The van der Waals surface area contributed by atoms with Crippen LogP contribution in [-0.4, -0.2) is 20.2 Å². The minimum atomic E-state index is -0.477. The number of ether oxygens (including phenoxy) is 2. The zero-order valence-electron chi connectivity index (χ0n) is 10.4. The minimum Gasteiger partial charge on any atom is -0.495 e. The minimum absolute atomic E-state index is 0.0703. The van der Waals surface area contributed by atoms with Gasteiger partial charge in [-0.1, -0.05) is 0 Å². The molecule has 0 saturated heterocycles. The number of nitrogens with one attached hydrogen (secondary N) is 1. The fraction of sp³-hybridized carbons (Fsp3) is 0.154. The maximum absolute atomic E-state index is 11.4. The van der Waals surface area contributed by atoms with Crippen LogP contribution in [0.1, 0.15) is 10.4 Å². The summed E-state index contributed by atoms with van der Waals surface area (Å²) < 4.78 is 9.71. The number of hydrogen-bond acceptors (Lipinski definition) is 6. The van der Waals surface area contributed by atoms with Crippen LogP contribution < -0.4 is 10.1 Å². The van der Waals surface area contributed by atoms with E-state index in [-0.39, 0.29) is 5.57 Å². The second kappa shape index (κ2) is 6.67. The van der Waals surface area contributed by atoms with Crippen LogP contribution in [0, 0.1) is 22.7 Å². The molecule has 0 aliphatic heterocycles. The third-order valence-electron chi connectivity index (χ3n) is 2.24. The van der Waals surface area contributed by atoms with E-state index in [1.165, 1.54) is 26.5 Å². The zero-order valence-corrected chi connectivity index (χ0v) is 10.4. The van der Waals surface area contributed by atoms with Gasteiger partial charge in [0.1, 0.15) is 23.5 Å². The fourth-order valence-corrected chi connectivity index (χ4v) is 1.29. The smallest absolute Gasteiger partial charge is 0.337 e. The van der Waals surface area contributed by atoms with Gasteiger partial charge in [0.2, 0.25) is 0 Å². The largest absolute Gasteiger partial charge is 0.495 e. The first-order valence-electron chi connectivity index (χ1n) is 5.19. The predicted octanol–water partition coefficient (Wildman–Crippen LogP) is 1.82. The number of allylic oxidation sites excluding steroid dienone is 1. The molecule has 0 aliphatic rings. The van der Waals surface area contributed by atoms with Crippen molar-refractivity contribution in [3.8, 4) is 17.9 Å². The molecule has 0 atom stereocenters. The molecule has 0 spiro atoms. The summed E-state index contributed by atoms with van der Waals surface area (Å²) in [7, 11) is 2.73. The van der Waals surface area contributed by atoms with Gasteiger partial charge in [-0.05, 0) is 18.2 Å². The molecule has 0 radical (unpaired) electrons. The summed E-state index contributed by atoms with van der Waals surface area (Å²) in [6, 6.07) is 8.08. The number of rotatable bonds is 4. The summed E-state index contributed by atoms with van der Waals surface area (Å²) in [4.78, 5) is 11.4. The maximum Gasteiger partial charge on any atom is 0.337 e. The van der Waals surface area contributed by atoms with E-state index < -0.39 is 5.97 Å². The highest BCUT2D eigenvalue weighted by Crippen LogP contribution is 2.26. The number of hydrogen-bond donors (Lipinski definition) is 1. The number of esters is 1. The van der Waals surface area contributed by atoms with Crippen LogP contribution in [0.4, 0.5) is 5.69 Å². The molecule has 1 N–H and O–H groups in total. The molecule has 0 fully saturated rings. The Hall–Kier alpha value is -2.99. The van der Waals surface area contributed by atoms with Gasteiger partial charge in [-0.25, -0.2) is 4.79 Å². The first-order valence-corrected chi connectivity index (χ1v) is 5.19. The van der Waals surface area contributed by atoms with Crippen LogP contribution >= 0.6 is 0 Å². The van der Waals surface area contributed by atoms with Crippen molar-refractivity contribution in [2.24, 2.45) is 0 Å². The summed E-state index contributed by atoms with van der Waals surface area (Å²) >= 11 is 0. The van der Waals surface area contributed by atoms with Gasteiger partial charge < -0.3 is 14.8 Å². The summed E-state index contributed by atoms with van der Waals surface area (Å²) in [5, 5.41) is 20.0. The van der Waals surface area contributed by atoms with Gasteiger partial charge in [-0.15, -0.1) is 0 Å². The van der Waals surface area contributed by atoms with Gasteiger partial charge in [-0.2, -0.15) is 10.5 Å². The van der Waals surface area contributed by atoms with Gasteiger partial charge in [0, 0.05) is 6.20 Å². The van der Waals surface area contributed by atoms with E-state index in [2.05, 4.69) is 10.1 Å². The van der Waals surface area contributed by atoms with Crippen molar-refractivity contribution in [3.63, 3.8) is 0 Å². The number of carbonyl (C=O) groups is 1. The summed E-state index contributed by atoms with van der Waals surface area (Å²) in [6.45, 7) is 0. The average Bonchev–Trinajstić information content (AvgIpc) is 2.47. The van der Waals surface area contributed by atoms with E-state index in [0.29, 0.717) is 17.0 Å². The molecule has 0 saturated carbocycles.